The quantitative estimate of drug-likeness (QED) is 0.614. The predicted octanol–water partition coefficient (Wildman–Crippen LogP) is 2.35. The zero-order chi connectivity index (χ0) is 22.6. The summed E-state index contributed by atoms with van der Waals surface area (Å²) in [7, 11) is 1.67. The topological polar surface area (TPSA) is 90.9 Å². The Morgan fingerprint density at radius 3 is 2.67 bits per heavy atom. The first-order valence-corrected chi connectivity index (χ1v) is 12.6. The van der Waals surface area contributed by atoms with Crippen LogP contribution < -0.4 is 15.4 Å². The Labute approximate surface area is 194 Å². The summed E-state index contributed by atoms with van der Waals surface area (Å²) >= 11 is 0. The number of methoxy groups -OCH3 is 1. The lowest BCUT2D eigenvalue weighted by atomic mass is 9.52. The van der Waals surface area contributed by atoms with Crippen molar-refractivity contribution >= 4 is 11.9 Å². The lowest BCUT2D eigenvalue weighted by Gasteiger charge is -2.64. The van der Waals surface area contributed by atoms with E-state index in [1.54, 1.807) is 7.11 Å². The Balaban J connectivity index is 1.33. The Hall–Kier alpha value is -2.12. The minimum Gasteiger partial charge on any atom is -0.497 e. The van der Waals surface area contributed by atoms with Crippen LogP contribution in [0.1, 0.15) is 68.9 Å². The summed E-state index contributed by atoms with van der Waals surface area (Å²) in [5, 5.41) is 18.0. The number of hydrogen-bond acceptors (Lipinski definition) is 5. The van der Waals surface area contributed by atoms with Gasteiger partial charge in [0, 0.05) is 23.9 Å². The van der Waals surface area contributed by atoms with Crippen LogP contribution >= 0.6 is 0 Å². The number of carbonyl (C=O) groups excluding carboxylic acids is 2. The van der Waals surface area contributed by atoms with Crippen LogP contribution in [0.5, 0.6) is 5.75 Å². The monoisotopic (exact) mass is 451 g/mol. The van der Waals surface area contributed by atoms with Crippen LogP contribution in [0.4, 0.5) is 4.79 Å². The van der Waals surface area contributed by atoms with E-state index in [1.165, 1.54) is 37.7 Å². The average Bonchev–Trinajstić information content (AvgIpc) is 3.30. The molecule has 7 rings (SSSR count). The Kier molecular flexibility index (Phi) is 3.87. The molecule has 0 aromatic heterocycles. The van der Waals surface area contributed by atoms with Crippen LogP contribution in [-0.2, 0) is 15.6 Å². The minimum absolute atomic E-state index is 0.0738. The molecule has 1 aromatic rings. The maximum atomic E-state index is 13.0. The summed E-state index contributed by atoms with van der Waals surface area (Å²) in [5.41, 5.74) is -0.0256. The molecular weight excluding hydrogens is 418 g/mol. The van der Waals surface area contributed by atoms with Gasteiger partial charge in [-0.2, -0.15) is 0 Å². The van der Waals surface area contributed by atoms with Gasteiger partial charge >= 0.3 is 6.03 Å². The summed E-state index contributed by atoms with van der Waals surface area (Å²) in [5.74, 6) is 1.26. The molecule has 3 saturated carbocycles. The van der Waals surface area contributed by atoms with Crippen molar-refractivity contribution < 1.29 is 19.4 Å². The van der Waals surface area contributed by atoms with Gasteiger partial charge in [-0.3, -0.25) is 15.0 Å². The van der Waals surface area contributed by atoms with Crippen LogP contribution in [0.3, 0.4) is 0 Å². The highest BCUT2D eigenvalue weighted by Crippen LogP contribution is 2.75. The summed E-state index contributed by atoms with van der Waals surface area (Å²) in [4.78, 5) is 27.6. The van der Waals surface area contributed by atoms with E-state index in [1.807, 2.05) is 6.07 Å². The standard InChI is InChI=1S/C26H33N3O4/c1-33-17-7-8-18-19(11-17)24-13-23(18)15-29(12-16-5-3-2-4-6-16)20(23)26(24,32)10-9-25(14-24)21(30)27-22(31)28-25/h7-8,11,16,20,32H,2-6,9-10,12-15H2,1H3,(H2,27,28,30,31)/t20-,23?,24-,25+,26-/m1/s1. The number of aliphatic hydroxyl groups is 1. The van der Waals surface area contributed by atoms with E-state index in [9.17, 15) is 14.7 Å². The molecule has 7 nitrogen and oxygen atoms in total. The highest BCUT2D eigenvalue weighted by Gasteiger charge is 2.82. The van der Waals surface area contributed by atoms with Crippen molar-refractivity contribution in [2.24, 2.45) is 5.92 Å². The van der Waals surface area contributed by atoms with Gasteiger partial charge in [0.25, 0.3) is 5.91 Å². The van der Waals surface area contributed by atoms with Gasteiger partial charge in [0.15, 0.2) is 0 Å². The maximum absolute atomic E-state index is 13.0. The van der Waals surface area contributed by atoms with E-state index >= 15 is 0 Å². The molecular formula is C26H33N3O4. The number of likely N-dealkylation sites (tertiary alicyclic amines) is 1. The number of fused-ring (bicyclic) bond motifs is 2. The number of carbonyl (C=O) groups is 2. The van der Waals surface area contributed by atoms with Crippen molar-refractivity contribution in [3.63, 3.8) is 0 Å². The van der Waals surface area contributed by atoms with Crippen LogP contribution in [0.15, 0.2) is 18.2 Å². The Morgan fingerprint density at radius 1 is 1.12 bits per heavy atom. The average molecular weight is 452 g/mol. The van der Waals surface area contributed by atoms with E-state index in [4.69, 9.17) is 4.74 Å². The van der Waals surface area contributed by atoms with Gasteiger partial charge in [0.05, 0.1) is 18.8 Å². The molecule has 2 bridgehead atoms. The second-order valence-corrected chi connectivity index (χ2v) is 11.8. The van der Waals surface area contributed by atoms with Crippen LogP contribution in [0, 0.1) is 5.92 Å². The summed E-state index contributed by atoms with van der Waals surface area (Å²) in [6.07, 6.45) is 8.87. The largest absolute Gasteiger partial charge is 0.497 e. The van der Waals surface area contributed by atoms with Gasteiger partial charge in [0.2, 0.25) is 0 Å². The van der Waals surface area contributed by atoms with E-state index in [0.717, 1.165) is 36.7 Å². The fourth-order valence-electron chi connectivity index (χ4n) is 9.17. The SMILES string of the molecule is COc1ccc2c(c1)[C@]13CC24CN(CC2CCCCC2)[C@H]4[C@]1(O)CC[C@@]1(C3)NC(=O)NC1=O. The number of nitrogens with zero attached hydrogens (tertiary/aromatic N) is 1. The number of urea groups is 1. The van der Waals surface area contributed by atoms with Gasteiger partial charge in [-0.05, 0) is 67.7 Å². The highest BCUT2D eigenvalue weighted by molar-refractivity contribution is 6.07. The Bertz CT molecular complexity index is 1070. The van der Waals surface area contributed by atoms with E-state index in [0.29, 0.717) is 19.3 Å². The third-order valence-electron chi connectivity index (χ3n) is 10.3. The molecule has 5 fully saturated rings. The molecule has 33 heavy (non-hydrogen) atoms. The van der Waals surface area contributed by atoms with Crippen LogP contribution in [0.2, 0.25) is 0 Å². The minimum atomic E-state index is -0.937. The van der Waals surface area contributed by atoms with Crippen LogP contribution in [-0.4, -0.2) is 59.3 Å². The maximum Gasteiger partial charge on any atom is 0.322 e. The number of imide groups is 1. The predicted molar refractivity (Wildman–Crippen MR) is 121 cm³/mol. The molecule has 5 atom stereocenters. The molecule has 3 amide bonds. The number of ether oxygens (including phenoxy) is 1. The van der Waals surface area contributed by atoms with Crippen LogP contribution in [0.25, 0.3) is 0 Å². The molecule has 0 radical (unpaired) electrons. The van der Waals surface area contributed by atoms with Crippen molar-refractivity contribution in [3.8, 4) is 5.75 Å². The lowest BCUT2D eigenvalue weighted by molar-refractivity contribution is -0.162. The summed E-state index contributed by atoms with van der Waals surface area (Å²) in [6.45, 7) is 2.04. The third-order valence-corrected chi connectivity index (χ3v) is 10.3. The van der Waals surface area contributed by atoms with Crippen molar-refractivity contribution in [1.29, 1.82) is 0 Å². The zero-order valence-electron chi connectivity index (χ0n) is 19.3. The molecule has 1 unspecified atom stereocenters. The number of hydrogen-bond donors (Lipinski definition) is 3. The summed E-state index contributed by atoms with van der Waals surface area (Å²) < 4.78 is 5.57. The number of amides is 3. The second-order valence-electron chi connectivity index (χ2n) is 11.8. The molecule has 1 aromatic carbocycles. The third kappa shape index (κ3) is 2.28. The highest BCUT2D eigenvalue weighted by atomic mass is 16.5. The molecule has 2 heterocycles. The molecule has 2 saturated heterocycles. The van der Waals surface area contributed by atoms with E-state index in [2.05, 4.69) is 27.7 Å². The first kappa shape index (κ1) is 20.3. The van der Waals surface area contributed by atoms with Crippen molar-refractivity contribution in [2.45, 2.75) is 85.8 Å². The molecule has 4 aliphatic carbocycles. The molecule has 6 aliphatic rings. The first-order valence-electron chi connectivity index (χ1n) is 12.6. The number of nitrogens with one attached hydrogen (secondary N) is 2. The Morgan fingerprint density at radius 2 is 1.94 bits per heavy atom. The molecule has 7 heteroatoms. The fourth-order valence-corrected chi connectivity index (χ4v) is 9.17. The second kappa shape index (κ2) is 6.30. The lowest BCUT2D eigenvalue weighted by Crippen LogP contribution is -2.76. The smallest absolute Gasteiger partial charge is 0.322 e. The van der Waals surface area contributed by atoms with Gasteiger partial charge in [-0.15, -0.1) is 0 Å². The molecule has 176 valence electrons. The molecule has 2 aliphatic heterocycles. The van der Waals surface area contributed by atoms with Gasteiger partial charge in [-0.25, -0.2) is 4.79 Å². The van der Waals surface area contributed by atoms with Gasteiger partial charge in [-0.1, -0.05) is 25.3 Å². The van der Waals surface area contributed by atoms with Crippen molar-refractivity contribution in [3.05, 3.63) is 29.3 Å². The number of rotatable bonds is 3. The number of benzene rings is 1. The summed E-state index contributed by atoms with van der Waals surface area (Å²) in [6, 6.07) is 5.99. The van der Waals surface area contributed by atoms with E-state index < -0.39 is 22.6 Å². The van der Waals surface area contributed by atoms with E-state index in [-0.39, 0.29) is 17.4 Å². The fraction of sp³-hybridized carbons (Fsp3) is 0.692. The normalized spacial score (nSPS) is 43.5. The van der Waals surface area contributed by atoms with Crippen molar-refractivity contribution in [1.82, 2.24) is 15.5 Å². The van der Waals surface area contributed by atoms with Gasteiger partial charge < -0.3 is 15.2 Å². The molecule has 3 N–H and O–H groups in total. The molecule has 3 spiro atoms. The van der Waals surface area contributed by atoms with Crippen molar-refractivity contribution in [2.75, 3.05) is 20.2 Å². The van der Waals surface area contributed by atoms with Gasteiger partial charge in [0.1, 0.15) is 11.3 Å². The first-order chi connectivity index (χ1) is 15.9. The zero-order valence-corrected chi connectivity index (χ0v) is 19.3.